The molecule has 0 atom stereocenters. The van der Waals surface area contributed by atoms with Crippen LogP contribution < -0.4 is 20.1 Å². The summed E-state index contributed by atoms with van der Waals surface area (Å²) in [6.45, 7) is 7.96. The van der Waals surface area contributed by atoms with Gasteiger partial charge in [0.2, 0.25) is 11.8 Å². The van der Waals surface area contributed by atoms with E-state index in [1.807, 2.05) is 30.0 Å². The SMILES string of the molecule is COc1cc(C)ccc1Oc1nc(C)nc(N2CCN(C(C)=O)CC2)c1N. The first kappa shape index (κ1) is 18.8. The van der Waals surface area contributed by atoms with Gasteiger partial charge in [-0.3, -0.25) is 4.79 Å². The Labute approximate surface area is 158 Å². The van der Waals surface area contributed by atoms with Crippen molar-refractivity contribution in [3.63, 3.8) is 0 Å². The van der Waals surface area contributed by atoms with Crippen molar-refractivity contribution < 1.29 is 14.3 Å². The van der Waals surface area contributed by atoms with Crippen LogP contribution in [-0.4, -0.2) is 54.1 Å². The van der Waals surface area contributed by atoms with Crippen molar-refractivity contribution in [3.05, 3.63) is 29.6 Å². The number of carbonyl (C=O) groups is 1. The number of benzene rings is 1. The fourth-order valence-electron chi connectivity index (χ4n) is 3.06. The van der Waals surface area contributed by atoms with Crippen LogP contribution in [0.4, 0.5) is 11.5 Å². The third kappa shape index (κ3) is 4.05. The first-order valence-electron chi connectivity index (χ1n) is 8.86. The van der Waals surface area contributed by atoms with Crippen LogP contribution in [0.5, 0.6) is 17.4 Å². The molecule has 0 spiro atoms. The van der Waals surface area contributed by atoms with E-state index >= 15 is 0 Å². The monoisotopic (exact) mass is 371 g/mol. The van der Waals surface area contributed by atoms with Gasteiger partial charge in [0, 0.05) is 33.1 Å². The van der Waals surface area contributed by atoms with Crippen molar-refractivity contribution >= 4 is 17.4 Å². The summed E-state index contributed by atoms with van der Waals surface area (Å²) in [4.78, 5) is 24.3. The van der Waals surface area contributed by atoms with E-state index in [1.54, 1.807) is 21.0 Å². The van der Waals surface area contributed by atoms with E-state index in [-0.39, 0.29) is 5.91 Å². The van der Waals surface area contributed by atoms with Gasteiger partial charge in [-0.2, -0.15) is 4.98 Å². The van der Waals surface area contributed by atoms with Gasteiger partial charge in [-0.25, -0.2) is 4.98 Å². The fraction of sp³-hybridized carbons (Fsp3) is 0.421. The molecule has 0 saturated carbocycles. The van der Waals surface area contributed by atoms with E-state index in [2.05, 4.69) is 14.9 Å². The lowest BCUT2D eigenvalue weighted by Crippen LogP contribution is -2.48. The van der Waals surface area contributed by atoms with Gasteiger partial charge in [-0.1, -0.05) is 6.07 Å². The fourth-order valence-corrected chi connectivity index (χ4v) is 3.06. The summed E-state index contributed by atoms with van der Waals surface area (Å²) in [6.07, 6.45) is 0. The van der Waals surface area contributed by atoms with Crippen LogP contribution in [0.2, 0.25) is 0 Å². The second kappa shape index (κ2) is 7.69. The molecule has 0 bridgehead atoms. The highest BCUT2D eigenvalue weighted by molar-refractivity contribution is 5.74. The van der Waals surface area contributed by atoms with Crippen molar-refractivity contribution in [3.8, 4) is 17.4 Å². The van der Waals surface area contributed by atoms with Crippen molar-refractivity contribution in [1.29, 1.82) is 0 Å². The molecule has 2 heterocycles. The Bertz CT molecular complexity index is 847. The third-order valence-corrected chi connectivity index (χ3v) is 4.55. The number of aromatic nitrogens is 2. The molecule has 1 aromatic heterocycles. The van der Waals surface area contributed by atoms with Crippen LogP contribution in [0.25, 0.3) is 0 Å². The molecule has 144 valence electrons. The summed E-state index contributed by atoms with van der Waals surface area (Å²) in [5, 5.41) is 0. The maximum atomic E-state index is 11.5. The molecular formula is C19H25N5O3. The zero-order valence-electron chi connectivity index (χ0n) is 16.2. The van der Waals surface area contributed by atoms with Gasteiger partial charge in [-0.15, -0.1) is 0 Å². The zero-order valence-corrected chi connectivity index (χ0v) is 16.2. The highest BCUT2D eigenvalue weighted by atomic mass is 16.5. The van der Waals surface area contributed by atoms with Gasteiger partial charge in [0.1, 0.15) is 11.5 Å². The smallest absolute Gasteiger partial charge is 0.248 e. The summed E-state index contributed by atoms with van der Waals surface area (Å²) in [6, 6.07) is 5.65. The number of piperazine rings is 1. The molecule has 8 heteroatoms. The Morgan fingerprint density at radius 1 is 1.11 bits per heavy atom. The number of nitrogens with zero attached hydrogens (tertiary/aromatic N) is 4. The Hall–Kier alpha value is -3.03. The Morgan fingerprint density at radius 2 is 1.81 bits per heavy atom. The highest BCUT2D eigenvalue weighted by Crippen LogP contribution is 2.37. The number of hydrogen-bond acceptors (Lipinski definition) is 7. The number of anilines is 2. The number of hydrogen-bond donors (Lipinski definition) is 1. The summed E-state index contributed by atoms with van der Waals surface area (Å²) in [7, 11) is 1.59. The normalized spacial score (nSPS) is 14.2. The molecule has 0 unspecified atom stereocenters. The molecule has 1 saturated heterocycles. The lowest BCUT2D eigenvalue weighted by atomic mass is 10.2. The Balaban J connectivity index is 1.87. The molecule has 1 amide bonds. The van der Waals surface area contributed by atoms with Crippen LogP contribution in [0, 0.1) is 13.8 Å². The molecule has 1 fully saturated rings. The molecule has 0 aliphatic carbocycles. The van der Waals surface area contributed by atoms with Gasteiger partial charge in [0.05, 0.1) is 7.11 Å². The quantitative estimate of drug-likeness (QED) is 0.880. The average Bonchev–Trinajstić information content (AvgIpc) is 2.65. The van der Waals surface area contributed by atoms with Crippen LogP contribution in [0.1, 0.15) is 18.3 Å². The third-order valence-electron chi connectivity index (χ3n) is 4.55. The van der Waals surface area contributed by atoms with E-state index in [0.717, 1.165) is 5.56 Å². The number of carbonyl (C=O) groups excluding carboxylic acids is 1. The number of amides is 1. The second-order valence-corrected chi connectivity index (χ2v) is 6.56. The van der Waals surface area contributed by atoms with Gasteiger partial charge in [-0.05, 0) is 31.5 Å². The highest BCUT2D eigenvalue weighted by Gasteiger charge is 2.24. The van der Waals surface area contributed by atoms with Crippen molar-refractivity contribution in [1.82, 2.24) is 14.9 Å². The first-order chi connectivity index (χ1) is 12.9. The minimum absolute atomic E-state index is 0.0805. The van der Waals surface area contributed by atoms with Crippen LogP contribution in [0.15, 0.2) is 18.2 Å². The van der Waals surface area contributed by atoms with Crippen LogP contribution in [-0.2, 0) is 4.79 Å². The molecule has 1 aliphatic heterocycles. The minimum atomic E-state index is 0.0805. The zero-order chi connectivity index (χ0) is 19.6. The number of ether oxygens (including phenoxy) is 2. The second-order valence-electron chi connectivity index (χ2n) is 6.56. The predicted molar refractivity (Wildman–Crippen MR) is 103 cm³/mol. The van der Waals surface area contributed by atoms with E-state index in [0.29, 0.717) is 60.9 Å². The molecule has 2 N–H and O–H groups in total. The van der Waals surface area contributed by atoms with Gasteiger partial charge in [0.25, 0.3) is 0 Å². The number of nitrogen functional groups attached to an aromatic ring is 1. The average molecular weight is 371 g/mol. The van der Waals surface area contributed by atoms with Crippen molar-refractivity contribution in [2.45, 2.75) is 20.8 Å². The Morgan fingerprint density at radius 3 is 2.44 bits per heavy atom. The molecule has 8 nitrogen and oxygen atoms in total. The van der Waals surface area contributed by atoms with E-state index in [4.69, 9.17) is 15.2 Å². The lowest BCUT2D eigenvalue weighted by Gasteiger charge is -2.35. The van der Waals surface area contributed by atoms with Crippen molar-refractivity contribution in [2.24, 2.45) is 0 Å². The molecular weight excluding hydrogens is 346 g/mol. The molecule has 2 aromatic rings. The summed E-state index contributed by atoms with van der Waals surface area (Å²) in [5.41, 5.74) is 7.77. The summed E-state index contributed by atoms with van der Waals surface area (Å²) < 4.78 is 11.4. The maximum absolute atomic E-state index is 11.5. The minimum Gasteiger partial charge on any atom is -0.493 e. The van der Waals surface area contributed by atoms with Crippen LogP contribution >= 0.6 is 0 Å². The number of methoxy groups -OCH3 is 1. The molecule has 27 heavy (non-hydrogen) atoms. The maximum Gasteiger partial charge on any atom is 0.248 e. The van der Waals surface area contributed by atoms with E-state index in [1.165, 1.54) is 0 Å². The van der Waals surface area contributed by atoms with Gasteiger partial charge >= 0.3 is 0 Å². The van der Waals surface area contributed by atoms with E-state index < -0.39 is 0 Å². The predicted octanol–water partition coefficient (Wildman–Crippen LogP) is 2.15. The topological polar surface area (TPSA) is 93.8 Å². The molecule has 0 radical (unpaired) electrons. The molecule has 3 rings (SSSR count). The summed E-state index contributed by atoms with van der Waals surface area (Å²) >= 11 is 0. The largest absolute Gasteiger partial charge is 0.493 e. The van der Waals surface area contributed by atoms with Crippen molar-refractivity contribution in [2.75, 3.05) is 43.9 Å². The number of rotatable bonds is 4. The first-order valence-corrected chi connectivity index (χ1v) is 8.86. The lowest BCUT2D eigenvalue weighted by molar-refractivity contribution is -0.129. The molecule has 1 aliphatic rings. The number of aryl methyl sites for hydroxylation is 2. The Kier molecular flexibility index (Phi) is 5.34. The van der Waals surface area contributed by atoms with Gasteiger partial charge in [0.15, 0.2) is 17.3 Å². The van der Waals surface area contributed by atoms with Crippen LogP contribution in [0.3, 0.4) is 0 Å². The summed E-state index contributed by atoms with van der Waals surface area (Å²) in [5.74, 6) is 2.73. The van der Waals surface area contributed by atoms with E-state index in [9.17, 15) is 4.79 Å². The molecule has 1 aromatic carbocycles. The number of nitrogens with two attached hydrogens (primary N) is 1. The standard InChI is InChI=1S/C19H25N5O3/c1-12-5-6-15(16(11-12)26-4)27-19-17(20)18(21-13(2)22-19)24-9-7-23(8-10-24)14(3)25/h5-6,11H,7-10,20H2,1-4H3. The van der Waals surface area contributed by atoms with Gasteiger partial charge < -0.3 is 25.0 Å².